The van der Waals surface area contributed by atoms with Crippen LogP contribution in [0.5, 0.6) is 0 Å². The Kier molecular flexibility index (Phi) is 6.07. The third kappa shape index (κ3) is 5.06. The molecular formula is C15H21N3O2S. The SMILES string of the molecule is NC(=O)CCSc1ccccc1NC(=O)C1CCNCC1. The minimum absolute atomic E-state index is 0.0786. The fourth-order valence-corrected chi connectivity index (χ4v) is 3.25. The Morgan fingerprint density at radius 3 is 2.71 bits per heavy atom. The average molecular weight is 307 g/mol. The topological polar surface area (TPSA) is 84.2 Å². The predicted molar refractivity (Wildman–Crippen MR) is 85.2 cm³/mol. The maximum atomic E-state index is 12.3. The summed E-state index contributed by atoms with van der Waals surface area (Å²) in [6.07, 6.45) is 2.09. The van der Waals surface area contributed by atoms with Crippen molar-refractivity contribution in [3.8, 4) is 0 Å². The maximum Gasteiger partial charge on any atom is 0.227 e. The van der Waals surface area contributed by atoms with Crippen LogP contribution in [-0.4, -0.2) is 30.7 Å². The van der Waals surface area contributed by atoms with Crippen molar-refractivity contribution in [3.05, 3.63) is 24.3 Å². The number of piperidine rings is 1. The highest BCUT2D eigenvalue weighted by Crippen LogP contribution is 2.28. The van der Waals surface area contributed by atoms with Gasteiger partial charge in [-0.05, 0) is 38.1 Å². The number of nitrogens with one attached hydrogen (secondary N) is 2. The second kappa shape index (κ2) is 8.05. The molecule has 6 heteroatoms. The molecule has 1 heterocycles. The van der Waals surface area contributed by atoms with Gasteiger partial charge in [-0.2, -0.15) is 0 Å². The quantitative estimate of drug-likeness (QED) is 0.697. The summed E-state index contributed by atoms with van der Waals surface area (Å²) >= 11 is 1.54. The summed E-state index contributed by atoms with van der Waals surface area (Å²) in [6.45, 7) is 1.79. The summed E-state index contributed by atoms with van der Waals surface area (Å²) in [6, 6.07) is 7.66. The fourth-order valence-electron chi connectivity index (χ4n) is 2.28. The molecular weight excluding hydrogens is 286 g/mol. The molecule has 1 fully saturated rings. The Morgan fingerprint density at radius 1 is 1.29 bits per heavy atom. The zero-order valence-electron chi connectivity index (χ0n) is 11.9. The highest BCUT2D eigenvalue weighted by atomic mass is 32.2. The van der Waals surface area contributed by atoms with Gasteiger partial charge in [0.2, 0.25) is 11.8 Å². The molecule has 114 valence electrons. The molecule has 0 radical (unpaired) electrons. The largest absolute Gasteiger partial charge is 0.370 e. The number of amides is 2. The first-order chi connectivity index (χ1) is 10.2. The van der Waals surface area contributed by atoms with Crippen LogP contribution in [0, 0.1) is 5.92 Å². The third-order valence-electron chi connectivity index (χ3n) is 3.46. The van der Waals surface area contributed by atoms with Crippen molar-refractivity contribution in [1.29, 1.82) is 0 Å². The molecule has 0 aromatic heterocycles. The Bertz CT molecular complexity index is 501. The number of thioether (sulfide) groups is 1. The average Bonchev–Trinajstić information content (AvgIpc) is 2.49. The van der Waals surface area contributed by atoms with Gasteiger partial charge in [0, 0.05) is 23.0 Å². The van der Waals surface area contributed by atoms with Crippen molar-refractivity contribution >= 4 is 29.3 Å². The number of hydrogen-bond acceptors (Lipinski definition) is 4. The summed E-state index contributed by atoms with van der Waals surface area (Å²) in [7, 11) is 0. The summed E-state index contributed by atoms with van der Waals surface area (Å²) in [4.78, 5) is 24.0. The van der Waals surface area contributed by atoms with Crippen LogP contribution in [0.15, 0.2) is 29.2 Å². The molecule has 1 aromatic carbocycles. The van der Waals surface area contributed by atoms with Crippen LogP contribution in [0.2, 0.25) is 0 Å². The molecule has 1 saturated heterocycles. The van der Waals surface area contributed by atoms with Crippen molar-refractivity contribution in [1.82, 2.24) is 5.32 Å². The van der Waals surface area contributed by atoms with E-state index in [1.807, 2.05) is 24.3 Å². The first kappa shape index (κ1) is 15.9. The van der Waals surface area contributed by atoms with Crippen LogP contribution in [0.25, 0.3) is 0 Å². The van der Waals surface area contributed by atoms with Crippen LogP contribution >= 0.6 is 11.8 Å². The van der Waals surface area contributed by atoms with Gasteiger partial charge in [-0.3, -0.25) is 9.59 Å². The molecule has 0 aliphatic carbocycles. The number of primary amides is 1. The van der Waals surface area contributed by atoms with Crippen LogP contribution in [0.1, 0.15) is 19.3 Å². The molecule has 0 saturated carbocycles. The standard InChI is InChI=1S/C15H21N3O2S/c16-14(19)7-10-21-13-4-2-1-3-12(13)18-15(20)11-5-8-17-9-6-11/h1-4,11,17H,5-10H2,(H2,16,19)(H,18,20). The van der Waals surface area contributed by atoms with Gasteiger partial charge >= 0.3 is 0 Å². The first-order valence-electron chi connectivity index (χ1n) is 7.18. The monoisotopic (exact) mass is 307 g/mol. The van der Waals surface area contributed by atoms with E-state index in [-0.39, 0.29) is 17.7 Å². The van der Waals surface area contributed by atoms with E-state index in [0.717, 1.165) is 36.5 Å². The lowest BCUT2D eigenvalue weighted by Gasteiger charge is -2.22. The van der Waals surface area contributed by atoms with Crippen LogP contribution in [0.3, 0.4) is 0 Å². The fraction of sp³-hybridized carbons (Fsp3) is 0.467. The van der Waals surface area contributed by atoms with E-state index in [0.29, 0.717) is 12.2 Å². The van der Waals surface area contributed by atoms with Gasteiger partial charge in [-0.1, -0.05) is 12.1 Å². The normalized spacial score (nSPS) is 15.6. The summed E-state index contributed by atoms with van der Waals surface area (Å²) in [5.41, 5.74) is 5.96. The Morgan fingerprint density at radius 2 is 2.00 bits per heavy atom. The lowest BCUT2D eigenvalue weighted by Crippen LogP contribution is -2.34. The number of carbonyl (C=O) groups excluding carboxylic acids is 2. The Balaban J connectivity index is 1.95. The number of anilines is 1. The molecule has 0 atom stereocenters. The van der Waals surface area contributed by atoms with E-state index in [4.69, 9.17) is 5.73 Å². The lowest BCUT2D eigenvalue weighted by molar-refractivity contribution is -0.120. The van der Waals surface area contributed by atoms with E-state index >= 15 is 0 Å². The second-order valence-electron chi connectivity index (χ2n) is 5.07. The van der Waals surface area contributed by atoms with Gasteiger partial charge in [0.25, 0.3) is 0 Å². The molecule has 2 amide bonds. The van der Waals surface area contributed by atoms with Crippen LogP contribution in [0.4, 0.5) is 5.69 Å². The number of benzene rings is 1. The highest BCUT2D eigenvalue weighted by Gasteiger charge is 2.21. The van der Waals surface area contributed by atoms with Crippen LogP contribution in [-0.2, 0) is 9.59 Å². The zero-order chi connectivity index (χ0) is 15.1. The van der Waals surface area contributed by atoms with Gasteiger partial charge in [-0.25, -0.2) is 0 Å². The number of rotatable bonds is 6. The minimum Gasteiger partial charge on any atom is -0.370 e. The number of hydrogen-bond donors (Lipinski definition) is 3. The molecule has 2 rings (SSSR count). The van der Waals surface area contributed by atoms with E-state index < -0.39 is 0 Å². The second-order valence-corrected chi connectivity index (χ2v) is 6.21. The first-order valence-corrected chi connectivity index (χ1v) is 8.17. The molecule has 1 aliphatic rings. The van der Waals surface area contributed by atoms with E-state index in [2.05, 4.69) is 10.6 Å². The molecule has 1 aromatic rings. The third-order valence-corrected chi connectivity index (χ3v) is 4.54. The van der Waals surface area contributed by atoms with Crippen LogP contribution < -0.4 is 16.4 Å². The summed E-state index contributed by atoms with van der Waals surface area (Å²) in [5.74, 6) is 0.475. The number of nitrogens with two attached hydrogens (primary N) is 1. The zero-order valence-corrected chi connectivity index (χ0v) is 12.7. The minimum atomic E-state index is -0.307. The van der Waals surface area contributed by atoms with Gasteiger partial charge in [0.05, 0.1) is 5.69 Å². The number of para-hydroxylation sites is 1. The summed E-state index contributed by atoms with van der Waals surface area (Å²) < 4.78 is 0. The van der Waals surface area contributed by atoms with Crippen molar-refractivity contribution < 1.29 is 9.59 Å². The highest BCUT2D eigenvalue weighted by molar-refractivity contribution is 7.99. The molecule has 0 spiro atoms. The molecule has 4 N–H and O–H groups in total. The van der Waals surface area contributed by atoms with E-state index in [1.54, 1.807) is 0 Å². The van der Waals surface area contributed by atoms with Gasteiger partial charge < -0.3 is 16.4 Å². The van der Waals surface area contributed by atoms with Crippen molar-refractivity contribution in [2.24, 2.45) is 11.7 Å². The predicted octanol–water partition coefficient (Wildman–Crippen LogP) is 1.59. The van der Waals surface area contributed by atoms with Gasteiger partial charge in [0.15, 0.2) is 0 Å². The van der Waals surface area contributed by atoms with Gasteiger partial charge in [0.1, 0.15) is 0 Å². The maximum absolute atomic E-state index is 12.3. The lowest BCUT2D eigenvalue weighted by atomic mass is 9.97. The van der Waals surface area contributed by atoms with Crippen molar-refractivity contribution in [3.63, 3.8) is 0 Å². The Labute approximate surface area is 129 Å². The number of carbonyl (C=O) groups is 2. The van der Waals surface area contributed by atoms with E-state index in [1.165, 1.54) is 11.8 Å². The van der Waals surface area contributed by atoms with Gasteiger partial charge in [-0.15, -0.1) is 11.8 Å². The molecule has 1 aliphatic heterocycles. The Hall–Kier alpha value is -1.53. The molecule has 0 bridgehead atoms. The smallest absolute Gasteiger partial charge is 0.227 e. The van der Waals surface area contributed by atoms with Crippen molar-refractivity contribution in [2.75, 3.05) is 24.2 Å². The molecule has 21 heavy (non-hydrogen) atoms. The molecule has 0 unspecified atom stereocenters. The van der Waals surface area contributed by atoms with Crippen molar-refractivity contribution in [2.45, 2.75) is 24.2 Å². The van der Waals surface area contributed by atoms with E-state index in [9.17, 15) is 9.59 Å². The molecule has 5 nitrogen and oxygen atoms in total. The summed E-state index contributed by atoms with van der Waals surface area (Å²) in [5, 5.41) is 6.27.